The third-order valence-electron chi connectivity index (χ3n) is 2.84. The molecule has 0 saturated heterocycles. The van der Waals surface area contributed by atoms with E-state index >= 15 is 0 Å². The number of nitrogens with one attached hydrogen (secondary N) is 1. The summed E-state index contributed by atoms with van der Waals surface area (Å²) in [6.45, 7) is 0. The Morgan fingerprint density at radius 3 is 2.57 bits per heavy atom. The second kappa shape index (κ2) is 7.94. The summed E-state index contributed by atoms with van der Waals surface area (Å²) < 4.78 is 12.8. The number of benzene rings is 2. The van der Waals surface area contributed by atoms with Gasteiger partial charge < -0.3 is 5.32 Å². The van der Waals surface area contributed by atoms with Gasteiger partial charge in [0, 0.05) is 34.9 Å². The van der Waals surface area contributed by atoms with Gasteiger partial charge in [0.1, 0.15) is 5.82 Å². The van der Waals surface area contributed by atoms with Crippen LogP contribution in [-0.4, -0.2) is 16.6 Å². The highest BCUT2D eigenvalue weighted by molar-refractivity contribution is 7.99. The quantitative estimate of drug-likeness (QED) is 0.470. The summed E-state index contributed by atoms with van der Waals surface area (Å²) in [5, 5.41) is 13.6. The van der Waals surface area contributed by atoms with Gasteiger partial charge >= 0.3 is 0 Å². The number of halogens is 2. The predicted molar refractivity (Wildman–Crippen MR) is 88.5 cm³/mol. The van der Waals surface area contributed by atoms with Crippen LogP contribution < -0.4 is 5.32 Å². The molecule has 0 saturated carbocycles. The summed E-state index contributed by atoms with van der Waals surface area (Å²) >= 11 is 7.31. The van der Waals surface area contributed by atoms with E-state index in [-0.39, 0.29) is 28.9 Å². The molecule has 1 N–H and O–H groups in total. The van der Waals surface area contributed by atoms with E-state index in [0.29, 0.717) is 16.3 Å². The molecule has 0 fully saturated rings. The van der Waals surface area contributed by atoms with Gasteiger partial charge in [0.15, 0.2) is 0 Å². The number of non-ortho nitro benzene ring substituents is 1. The van der Waals surface area contributed by atoms with E-state index in [1.165, 1.54) is 48.2 Å². The molecule has 23 heavy (non-hydrogen) atoms. The summed E-state index contributed by atoms with van der Waals surface area (Å²) in [5.74, 6) is -0.113. The van der Waals surface area contributed by atoms with Crippen molar-refractivity contribution in [3.05, 3.63) is 63.4 Å². The Kier molecular flexibility index (Phi) is 5.95. The van der Waals surface area contributed by atoms with Crippen LogP contribution in [0.1, 0.15) is 6.42 Å². The average molecular weight is 355 g/mol. The SMILES string of the molecule is O=C(CCSc1ccc([N+](=O)[O-])cc1Cl)Nc1ccc(F)cc1. The van der Waals surface area contributed by atoms with Gasteiger partial charge in [-0.25, -0.2) is 4.39 Å². The largest absolute Gasteiger partial charge is 0.326 e. The number of nitro groups is 1. The lowest BCUT2D eigenvalue weighted by atomic mass is 10.3. The zero-order valence-corrected chi connectivity index (χ0v) is 13.4. The number of carbonyl (C=O) groups excluding carboxylic acids is 1. The average Bonchev–Trinajstić information content (AvgIpc) is 2.51. The van der Waals surface area contributed by atoms with Crippen LogP contribution in [-0.2, 0) is 4.79 Å². The molecule has 2 aromatic rings. The van der Waals surface area contributed by atoms with Gasteiger partial charge in [0.2, 0.25) is 5.91 Å². The van der Waals surface area contributed by atoms with Crippen molar-refractivity contribution >= 4 is 40.6 Å². The Labute approximate surface area is 141 Å². The number of nitro benzene ring substituents is 1. The number of anilines is 1. The van der Waals surface area contributed by atoms with Gasteiger partial charge in [-0.15, -0.1) is 11.8 Å². The van der Waals surface area contributed by atoms with E-state index in [2.05, 4.69) is 5.32 Å². The van der Waals surface area contributed by atoms with Crippen molar-refractivity contribution in [1.29, 1.82) is 0 Å². The maximum absolute atomic E-state index is 12.8. The molecule has 0 unspecified atom stereocenters. The van der Waals surface area contributed by atoms with E-state index in [1.54, 1.807) is 6.07 Å². The first-order valence-corrected chi connectivity index (χ1v) is 7.94. The van der Waals surface area contributed by atoms with Crippen molar-refractivity contribution < 1.29 is 14.1 Å². The monoisotopic (exact) mass is 354 g/mol. The number of thioether (sulfide) groups is 1. The molecule has 0 aliphatic heterocycles. The van der Waals surface area contributed by atoms with Gasteiger partial charge in [-0.2, -0.15) is 0 Å². The van der Waals surface area contributed by atoms with Crippen LogP contribution in [0, 0.1) is 15.9 Å². The summed E-state index contributed by atoms with van der Waals surface area (Å²) in [5.41, 5.74) is 0.447. The molecule has 0 atom stereocenters. The molecule has 0 radical (unpaired) electrons. The van der Waals surface area contributed by atoms with Crippen molar-refractivity contribution in [1.82, 2.24) is 0 Å². The van der Waals surface area contributed by atoms with Gasteiger partial charge in [0.05, 0.1) is 9.95 Å². The first-order valence-electron chi connectivity index (χ1n) is 6.58. The number of amides is 1. The van der Waals surface area contributed by atoms with Gasteiger partial charge in [-0.05, 0) is 30.3 Å². The summed E-state index contributed by atoms with van der Waals surface area (Å²) in [6.07, 6.45) is 0.232. The molecule has 0 bridgehead atoms. The number of carbonyl (C=O) groups is 1. The molecule has 8 heteroatoms. The van der Waals surface area contributed by atoms with Gasteiger partial charge in [-0.3, -0.25) is 14.9 Å². The molecule has 2 aromatic carbocycles. The second-order valence-corrected chi connectivity index (χ2v) is 6.07. The van der Waals surface area contributed by atoms with Crippen LogP contribution in [0.5, 0.6) is 0 Å². The van der Waals surface area contributed by atoms with Crippen molar-refractivity contribution in [2.75, 3.05) is 11.1 Å². The topological polar surface area (TPSA) is 72.2 Å². The lowest BCUT2D eigenvalue weighted by Crippen LogP contribution is -2.12. The van der Waals surface area contributed by atoms with E-state index < -0.39 is 4.92 Å². The Bertz CT molecular complexity index is 725. The second-order valence-electron chi connectivity index (χ2n) is 4.53. The fourth-order valence-corrected chi connectivity index (χ4v) is 2.94. The molecule has 0 heterocycles. The van der Waals surface area contributed by atoms with Crippen molar-refractivity contribution in [3.63, 3.8) is 0 Å². The molecule has 1 amide bonds. The van der Waals surface area contributed by atoms with Crippen LogP contribution in [0.25, 0.3) is 0 Å². The zero-order chi connectivity index (χ0) is 16.8. The molecular formula is C15H12ClFN2O3S. The first-order chi connectivity index (χ1) is 11.0. The molecule has 0 aliphatic rings. The van der Waals surface area contributed by atoms with Crippen LogP contribution in [0.3, 0.4) is 0 Å². The summed E-state index contributed by atoms with van der Waals surface area (Å²) in [7, 11) is 0. The van der Waals surface area contributed by atoms with Crippen molar-refractivity contribution in [3.8, 4) is 0 Å². The van der Waals surface area contributed by atoms with Crippen LogP contribution in [0.2, 0.25) is 5.02 Å². The molecule has 0 aliphatic carbocycles. The molecule has 0 spiro atoms. The van der Waals surface area contributed by atoms with Crippen molar-refractivity contribution in [2.45, 2.75) is 11.3 Å². The minimum atomic E-state index is -0.517. The lowest BCUT2D eigenvalue weighted by molar-refractivity contribution is -0.384. The molecule has 120 valence electrons. The first kappa shape index (κ1) is 17.2. The minimum absolute atomic E-state index is 0.0756. The van der Waals surface area contributed by atoms with Crippen LogP contribution >= 0.6 is 23.4 Å². The molecular weight excluding hydrogens is 343 g/mol. The standard InChI is InChI=1S/C15H12ClFN2O3S/c16-13-9-12(19(21)22)5-6-14(13)23-8-7-15(20)18-11-3-1-10(17)2-4-11/h1-6,9H,7-8H2,(H,18,20). The third-order valence-corrected chi connectivity index (χ3v) is 4.34. The predicted octanol–water partition coefficient (Wildman–Crippen LogP) is 4.51. The third kappa shape index (κ3) is 5.22. The number of hydrogen-bond donors (Lipinski definition) is 1. The number of rotatable bonds is 6. The molecule has 5 nitrogen and oxygen atoms in total. The van der Waals surface area contributed by atoms with Gasteiger partial charge in [0.25, 0.3) is 5.69 Å². The minimum Gasteiger partial charge on any atom is -0.326 e. The van der Waals surface area contributed by atoms with Crippen molar-refractivity contribution in [2.24, 2.45) is 0 Å². The number of hydrogen-bond acceptors (Lipinski definition) is 4. The highest BCUT2D eigenvalue weighted by Gasteiger charge is 2.10. The van der Waals surface area contributed by atoms with E-state index in [1.807, 2.05) is 0 Å². The Hall–Kier alpha value is -2.12. The maximum Gasteiger partial charge on any atom is 0.270 e. The lowest BCUT2D eigenvalue weighted by Gasteiger charge is -2.06. The fourth-order valence-electron chi connectivity index (χ4n) is 1.73. The highest BCUT2D eigenvalue weighted by Crippen LogP contribution is 2.30. The van der Waals surface area contributed by atoms with E-state index in [0.717, 1.165) is 0 Å². The number of nitrogens with zero attached hydrogens (tertiary/aromatic N) is 1. The van der Waals surface area contributed by atoms with Crippen LogP contribution in [0.4, 0.5) is 15.8 Å². The van der Waals surface area contributed by atoms with Crippen LogP contribution in [0.15, 0.2) is 47.4 Å². The molecule has 2 rings (SSSR count). The smallest absolute Gasteiger partial charge is 0.270 e. The van der Waals surface area contributed by atoms with E-state index in [9.17, 15) is 19.3 Å². The summed E-state index contributed by atoms with van der Waals surface area (Å²) in [6, 6.07) is 9.70. The molecule has 0 aromatic heterocycles. The Balaban J connectivity index is 1.83. The zero-order valence-electron chi connectivity index (χ0n) is 11.8. The summed E-state index contributed by atoms with van der Waals surface area (Å²) in [4.78, 5) is 22.6. The normalized spacial score (nSPS) is 10.3. The Morgan fingerprint density at radius 2 is 1.96 bits per heavy atom. The van der Waals surface area contributed by atoms with Gasteiger partial charge in [-0.1, -0.05) is 11.6 Å². The van der Waals surface area contributed by atoms with E-state index in [4.69, 9.17) is 11.6 Å². The Morgan fingerprint density at radius 1 is 1.26 bits per heavy atom. The maximum atomic E-state index is 12.8. The highest BCUT2D eigenvalue weighted by atomic mass is 35.5. The fraction of sp³-hybridized carbons (Fsp3) is 0.133.